The third kappa shape index (κ3) is 3.77. The summed E-state index contributed by atoms with van der Waals surface area (Å²) in [5, 5.41) is 3.29. The summed E-state index contributed by atoms with van der Waals surface area (Å²) in [6.07, 6.45) is 1.08. The number of amides is 1. The molecule has 3 heteroatoms. The standard InChI is InChI=1S/C14H22N2O/c1-4-10-15-13-9-7-8-12(11-13)14(17)16(5-2)6-3/h7-9,11,15H,4-6,10H2,1-3H3. The van der Waals surface area contributed by atoms with Gasteiger partial charge in [0.05, 0.1) is 0 Å². The summed E-state index contributed by atoms with van der Waals surface area (Å²) in [4.78, 5) is 14.0. The zero-order valence-electron chi connectivity index (χ0n) is 11.0. The predicted octanol–water partition coefficient (Wildman–Crippen LogP) is 2.99. The van der Waals surface area contributed by atoms with Crippen molar-refractivity contribution in [3.8, 4) is 0 Å². The smallest absolute Gasteiger partial charge is 0.253 e. The summed E-state index contributed by atoms with van der Waals surface area (Å²) in [5.41, 5.74) is 1.78. The molecule has 0 atom stereocenters. The summed E-state index contributed by atoms with van der Waals surface area (Å²) in [6, 6.07) is 7.72. The van der Waals surface area contributed by atoms with Crippen molar-refractivity contribution in [1.29, 1.82) is 0 Å². The predicted molar refractivity (Wildman–Crippen MR) is 72.5 cm³/mol. The molecular weight excluding hydrogens is 212 g/mol. The maximum atomic E-state index is 12.1. The van der Waals surface area contributed by atoms with Crippen molar-refractivity contribution in [1.82, 2.24) is 4.90 Å². The minimum atomic E-state index is 0.107. The lowest BCUT2D eigenvalue weighted by Crippen LogP contribution is -2.30. The summed E-state index contributed by atoms with van der Waals surface area (Å²) in [6.45, 7) is 8.56. The molecule has 0 fully saturated rings. The van der Waals surface area contributed by atoms with Crippen molar-refractivity contribution in [2.24, 2.45) is 0 Å². The highest BCUT2D eigenvalue weighted by Crippen LogP contribution is 2.12. The van der Waals surface area contributed by atoms with Gasteiger partial charge in [0.1, 0.15) is 0 Å². The highest BCUT2D eigenvalue weighted by molar-refractivity contribution is 5.95. The van der Waals surface area contributed by atoms with E-state index in [9.17, 15) is 4.79 Å². The highest BCUT2D eigenvalue weighted by Gasteiger charge is 2.12. The van der Waals surface area contributed by atoms with Crippen LogP contribution in [0.15, 0.2) is 24.3 Å². The highest BCUT2D eigenvalue weighted by atomic mass is 16.2. The van der Waals surface area contributed by atoms with E-state index in [0.29, 0.717) is 0 Å². The Morgan fingerprint density at radius 1 is 1.24 bits per heavy atom. The van der Waals surface area contributed by atoms with E-state index >= 15 is 0 Å². The van der Waals surface area contributed by atoms with Gasteiger partial charge in [0.2, 0.25) is 0 Å². The number of benzene rings is 1. The van der Waals surface area contributed by atoms with Crippen molar-refractivity contribution in [2.45, 2.75) is 27.2 Å². The monoisotopic (exact) mass is 234 g/mol. The van der Waals surface area contributed by atoms with Crippen LogP contribution in [0.4, 0.5) is 5.69 Å². The van der Waals surface area contributed by atoms with E-state index in [1.54, 1.807) is 0 Å². The summed E-state index contributed by atoms with van der Waals surface area (Å²) in [7, 11) is 0. The molecule has 0 saturated heterocycles. The van der Waals surface area contributed by atoms with Crippen molar-refractivity contribution in [3.05, 3.63) is 29.8 Å². The Kier molecular flexibility index (Phi) is 5.53. The van der Waals surface area contributed by atoms with E-state index in [2.05, 4.69) is 12.2 Å². The lowest BCUT2D eigenvalue weighted by molar-refractivity contribution is 0.0773. The van der Waals surface area contributed by atoms with Gasteiger partial charge in [-0.2, -0.15) is 0 Å². The fourth-order valence-electron chi connectivity index (χ4n) is 1.72. The maximum absolute atomic E-state index is 12.1. The quantitative estimate of drug-likeness (QED) is 0.820. The van der Waals surface area contributed by atoms with Crippen molar-refractivity contribution < 1.29 is 4.79 Å². The average molecular weight is 234 g/mol. The van der Waals surface area contributed by atoms with Crippen molar-refractivity contribution >= 4 is 11.6 Å². The van der Waals surface area contributed by atoms with Crippen LogP contribution in [0.5, 0.6) is 0 Å². The molecule has 0 aliphatic rings. The number of nitrogens with one attached hydrogen (secondary N) is 1. The summed E-state index contributed by atoms with van der Waals surface area (Å²) >= 11 is 0. The Morgan fingerprint density at radius 3 is 2.53 bits per heavy atom. The van der Waals surface area contributed by atoms with Gasteiger partial charge < -0.3 is 10.2 Å². The lowest BCUT2D eigenvalue weighted by atomic mass is 10.1. The number of hydrogen-bond acceptors (Lipinski definition) is 2. The van der Waals surface area contributed by atoms with E-state index in [4.69, 9.17) is 0 Å². The molecule has 0 aliphatic carbocycles. The molecule has 3 nitrogen and oxygen atoms in total. The first-order valence-corrected chi connectivity index (χ1v) is 6.36. The van der Waals surface area contributed by atoms with Crippen molar-refractivity contribution in [3.63, 3.8) is 0 Å². The van der Waals surface area contributed by atoms with Crippen LogP contribution in [0.1, 0.15) is 37.6 Å². The Bertz CT molecular complexity index is 359. The number of nitrogens with zero attached hydrogens (tertiary/aromatic N) is 1. The fourth-order valence-corrected chi connectivity index (χ4v) is 1.72. The van der Waals surface area contributed by atoms with E-state index < -0.39 is 0 Å². The molecule has 17 heavy (non-hydrogen) atoms. The van der Waals surface area contributed by atoms with E-state index in [1.807, 2.05) is 43.0 Å². The van der Waals surface area contributed by atoms with E-state index in [1.165, 1.54) is 0 Å². The molecule has 0 bridgehead atoms. The maximum Gasteiger partial charge on any atom is 0.253 e. The molecule has 0 heterocycles. The van der Waals surface area contributed by atoms with Crippen LogP contribution >= 0.6 is 0 Å². The minimum absolute atomic E-state index is 0.107. The molecule has 0 radical (unpaired) electrons. The van der Waals surface area contributed by atoms with Gasteiger partial charge >= 0.3 is 0 Å². The van der Waals surface area contributed by atoms with Crippen LogP contribution in [0.2, 0.25) is 0 Å². The van der Waals surface area contributed by atoms with Crippen LogP contribution < -0.4 is 5.32 Å². The normalized spacial score (nSPS) is 10.1. The van der Waals surface area contributed by atoms with Gasteiger partial charge in [-0.25, -0.2) is 0 Å². The van der Waals surface area contributed by atoms with Gasteiger partial charge in [-0.05, 0) is 38.5 Å². The molecule has 0 aliphatic heterocycles. The minimum Gasteiger partial charge on any atom is -0.385 e. The summed E-state index contributed by atoms with van der Waals surface area (Å²) < 4.78 is 0. The number of carbonyl (C=O) groups excluding carboxylic acids is 1. The van der Waals surface area contributed by atoms with Crippen molar-refractivity contribution in [2.75, 3.05) is 25.0 Å². The molecule has 1 amide bonds. The summed E-state index contributed by atoms with van der Waals surface area (Å²) in [5.74, 6) is 0.107. The third-order valence-electron chi connectivity index (χ3n) is 2.74. The van der Waals surface area contributed by atoms with Crippen LogP contribution in [-0.2, 0) is 0 Å². The molecule has 1 aromatic rings. The molecule has 0 saturated carbocycles. The van der Waals surface area contributed by atoms with Gasteiger partial charge in [-0.1, -0.05) is 13.0 Å². The average Bonchev–Trinajstić information content (AvgIpc) is 2.38. The van der Waals surface area contributed by atoms with Gasteiger partial charge in [-0.15, -0.1) is 0 Å². The molecule has 1 aromatic carbocycles. The van der Waals surface area contributed by atoms with Crippen LogP contribution in [0, 0.1) is 0 Å². The van der Waals surface area contributed by atoms with Gasteiger partial charge in [-0.3, -0.25) is 4.79 Å². The molecule has 94 valence electrons. The number of hydrogen-bond donors (Lipinski definition) is 1. The Balaban J connectivity index is 2.79. The number of rotatable bonds is 6. The fraction of sp³-hybridized carbons (Fsp3) is 0.500. The first-order valence-electron chi connectivity index (χ1n) is 6.36. The number of anilines is 1. The third-order valence-corrected chi connectivity index (χ3v) is 2.74. The first-order chi connectivity index (χ1) is 8.22. The topological polar surface area (TPSA) is 32.3 Å². The van der Waals surface area contributed by atoms with E-state index in [-0.39, 0.29) is 5.91 Å². The van der Waals surface area contributed by atoms with Crippen LogP contribution in [0.25, 0.3) is 0 Å². The van der Waals surface area contributed by atoms with Crippen LogP contribution in [-0.4, -0.2) is 30.4 Å². The Morgan fingerprint density at radius 2 is 1.94 bits per heavy atom. The Hall–Kier alpha value is -1.51. The zero-order chi connectivity index (χ0) is 12.7. The molecule has 0 aromatic heterocycles. The lowest BCUT2D eigenvalue weighted by Gasteiger charge is -2.19. The van der Waals surface area contributed by atoms with E-state index in [0.717, 1.165) is 37.3 Å². The van der Waals surface area contributed by atoms with Crippen LogP contribution in [0.3, 0.4) is 0 Å². The number of carbonyl (C=O) groups is 1. The van der Waals surface area contributed by atoms with Gasteiger partial charge in [0.15, 0.2) is 0 Å². The molecule has 0 unspecified atom stereocenters. The molecule has 1 rings (SSSR count). The largest absolute Gasteiger partial charge is 0.385 e. The molecular formula is C14H22N2O. The van der Waals surface area contributed by atoms with Gasteiger partial charge in [0.25, 0.3) is 5.91 Å². The Labute approximate surface area is 104 Å². The SMILES string of the molecule is CCCNc1cccc(C(=O)N(CC)CC)c1. The zero-order valence-corrected chi connectivity index (χ0v) is 11.0. The van der Waals surface area contributed by atoms with Gasteiger partial charge in [0, 0.05) is 30.9 Å². The second kappa shape index (κ2) is 6.94. The first kappa shape index (κ1) is 13.6. The molecule has 0 spiro atoms. The molecule has 1 N–H and O–H groups in total. The second-order valence-electron chi connectivity index (χ2n) is 3.99. The second-order valence-corrected chi connectivity index (χ2v) is 3.99.